The van der Waals surface area contributed by atoms with E-state index in [0.717, 1.165) is 0 Å². The molecule has 0 radical (unpaired) electrons. The van der Waals surface area contributed by atoms with E-state index in [1.165, 1.54) is 4.90 Å². The molecule has 1 amide bonds. The van der Waals surface area contributed by atoms with Gasteiger partial charge in [-0.3, -0.25) is 14.5 Å². The third-order valence-electron chi connectivity index (χ3n) is 5.43. The Morgan fingerprint density at radius 1 is 1.29 bits per heavy atom. The number of amides is 1. The number of rotatable bonds is 5. The quantitative estimate of drug-likeness (QED) is 0.688. The van der Waals surface area contributed by atoms with Crippen LogP contribution in [-0.4, -0.2) is 58.0 Å². The average Bonchev–Trinajstić information content (AvgIpc) is 2.82. The predicted molar refractivity (Wildman–Crippen MR) is 77.7 cm³/mol. The van der Waals surface area contributed by atoms with Crippen molar-refractivity contribution in [3.05, 3.63) is 0 Å². The lowest BCUT2D eigenvalue weighted by molar-refractivity contribution is -0.177. The number of nitrogens with zero attached hydrogens (tertiary/aromatic N) is 1. The van der Waals surface area contributed by atoms with Gasteiger partial charge in [0.05, 0.1) is 6.04 Å². The summed E-state index contributed by atoms with van der Waals surface area (Å²) in [6.07, 6.45) is -6.56. The number of aliphatic hydroxyl groups is 1. The van der Waals surface area contributed by atoms with Crippen LogP contribution in [0.2, 0.25) is 0 Å². The van der Waals surface area contributed by atoms with Crippen LogP contribution in [0.3, 0.4) is 0 Å². The molecule has 0 bridgehead atoms. The number of piperidine rings is 1. The molecule has 1 heterocycles. The lowest BCUT2D eigenvalue weighted by atomic mass is 9.97. The highest BCUT2D eigenvalue weighted by Gasteiger charge is 2.69. The Morgan fingerprint density at radius 3 is 2.25 bits per heavy atom. The molecular weight excluding hydrogens is 329 g/mol. The lowest BCUT2D eigenvalue weighted by Crippen LogP contribution is -2.59. The molecule has 138 valence electrons. The van der Waals surface area contributed by atoms with Crippen LogP contribution in [0.4, 0.5) is 13.2 Å². The number of carbonyl (C=O) groups excluding carboxylic acids is 1. The molecule has 1 saturated carbocycles. The number of carboxylic acids is 1. The molecule has 1 aliphatic carbocycles. The second-order valence-electron chi connectivity index (χ2n) is 7.59. The topological polar surface area (TPSA) is 89.9 Å². The van der Waals surface area contributed by atoms with Crippen molar-refractivity contribution < 1.29 is 33.0 Å². The Hall–Kier alpha value is -1.35. The van der Waals surface area contributed by atoms with Gasteiger partial charge in [0.25, 0.3) is 0 Å². The van der Waals surface area contributed by atoms with Crippen LogP contribution in [0.5, 0.6) is 0 Å². The maximum atomic E-state index is 12.5. The van der Waals surface area contributed by atoms with Gasteiger partial charge in [-0.15, -0.1) is 0 Å². The van der Waals surface area contributed by atoms with Crippen molar-refractivity contribution in [3.8, 4) is 0 Å². The molecule has 6 nitrogen and oxygen atoms in total. The molecular formula is C15H23F3N2O4. The smallest absolute Gasteiger partial charge is 0.471 e. The number of halogens is 3. The maximum absolute atomic E-state index is 12.5. The van der Waals surface area contributed by atoms with Gasteiger partial charge in [0.2, 0.25) is 0 Å². The Balaban J connectivity index is 2.17. The molecule has 9 heteroatoms. The largest absolute Gasteiger partial charge is 0.480 e. The summed E-state index contributed by atoms with van der Waals surface area (Å²) in [7, 11) is 0. The van der Waals surface area contributed by atoms with E-state index >= 15 is 0 Å². The molecule has 2 fully saturated rings. The fourth-order valence-corrected chi connectivity index (χ4v) is 3.90. The summed E-state index contributed by atoms with van der Waals surface area (Å²) < 4.78 is 37.5. The number of alkyl halides is 3. The van der Waals surface area contributed by atoms with Gasteiger partial charge >= 0.3 is 18.1 Å². The van der Waals surface area contributed by atoms with E-state index in [2.05, 4.69) is 0 Å². The number of fused-ring (bicyclic) bond motifs is 1. The van der Waals surface area contributed by atoms with Gasteiger partial charge in [-0.2, -0.15) is 13.2 Å². The van der Waals surface area contributed by atoms with E-state index in [4.69, 9.17) is 0 Å². The third-order valence-corrected chi connectivity index (χ3v) is 5.43. The number of likely N-dealkylation sites (tertiary alicyclic amines) is 1. The minimum Gasteiger partial charge on any atom is -0.480 e. The summed E-state index contributed by atoms with van der Waals surface area (Å²) in [5.41, 5.74) is -0.165. The van der Waals surface area contributed by atoms with Crippen LogP contribution in [-0.2, 0) is 9.59 Å². The van der Waals surface area contributed by atoms with Crippen LogP contribution < -0.4 is 5.32 Å². The Morgan fingerprint density at radius 2 is 1.83 bits per heavy atom. The van der Waals surface area contributed by atoms with Crippen molar-refractivity contribution in [2.24, 2.45) is 23.2 Å². The van der Waals surface area contributed by atoms with Crippen LogP contribution in [0, 0.1) is 23.2 Å². The number of aliphatic carboxylic acids is 1. The molecule has 2 aliphatic rings. The Labute approximate surface area is 138 Å². The van der Waals surface area contributed by atoms with E-state index in [9.17, 15) is 33.0 Å². The fourth-order valence-electron chi connectivity index (χ4n) is 3.90. The SMILES string of the molecule is CC(C)[C@H](NC(=O)C(F)(F)F)C(O)N1C[C@H]2[C@@H]([C@H]1C(=O)O)C2(C)C. The molecule has 2 rings (SSSR count). The molecule has 0 aromatic heterocycles. The van der Waals surface area contributed by atoms with Crippen LogP contribution in [0.15, 0.2) is 0 Å². The number of hydrogen-bond donors (Lipinski definition) is 3. The molecule has 0 spiro atoms. The molecule has 24 heavy (non-hydrogen) atoms. The van der Waals surface area contributed by atoms with E-state index in [-0.39, 0.29) is 23.8 Å². The van der Waals surface area contributed by atoms with Gasteiger partial charge in [-0.1, -0.05) is 27.7 Å². The first-order valence-corrected chi connectivity index (χ1v) is 7.84. The summed E-state index contributed by atoms with van der Waals surface area (Å²) >= 11 is 0. The normalized spacial score (nSPS) is 31.5. The van der Waals surface area contributed by atoms with Crippen molar-refractivity contribution in [3.63, 3.8) is 0 Å². The van der Waals surface area contributed by atoms with Crippen molar-refractivity contribution >= 4 is 11.9 Å². The average molecular weight is 352 g/mol. The molecule has 5 atom stereocenters. The van der Waals surface area contributed by atoms with Gasteiger partial charge in [0, 0.05) is 6.54 Å². The van der Waals surface area contributed by atoms with Crippen molar-refractivity contribution in [2.75, 3.05) is 6.54 Å². The van der Waals surface area contributed by atoms with E-state index in [1.54, 1.807) is 19.2 Å². The molecule has 3 N–H and O–H groups in total. The Kier molecular flexibility index (Phi) is 4.64. The summed E-state index contributed by atoms with van der Waals surface area (Å²) in [5, 5.41) is 21.8. The van der Waals surface area contributed by atoms with Gasteiger partial charge in [0.15, 0.2) is 0 Å². The van der Waals surface area contributed by atoms with E-state index in [0.29, 0.717) is 0 Å². The number of carboxylic acid groups (broad SMARTS) is 1. The number of carbonyl (C=O) groups is 2. The summed E-state index contributed by atoms with van der Waals surface area (Å²) in [6, 6.07) is -2.19. The lowest BCUT2D eigenvalue weighted by Gasteiger charge is -2.38. The predicted octanol–water partition coefficient (Wildman–Crippen LogP) is 1.05. The zero-order chi connectivity index (χ0) is 18.6. The standard InChI is InChI=1S/C15H23F3N2O4/c1-6(2)9(19-13(24)15(16,17)18)11(21)20-5-7-8(14(7,3)4)10(20)12(22)23/h6-11,21H,5H2,1-4H3,(H,19,24)(H,22,23)/t7-,8-,9-,10-,11?/m0/s1. The summed E-state index contributed by atoms with van der Waals surface area (Å²) in [6.45, 7) is 7.27. The van der Waals surface area contributed by atoms with Gasteiger partial charge in [-0.05, 0) is 23.2 Å². The molecule has 0 aromatic rings. The molecule has 1 aliphatic heterocycles. The fraction of sp³-hybridized carbons (Fsp3) is 0.867. The zero-order valence-corrected chi connectivity index (χ0v) is 14.0. The number of aliphatic hydroxyl groups excluding tert-OH is 1. The van der Waals surface area contributed by atoms with Crippen LogP contribution in [0.25, 0.3) is 0 Å². The zero-order valence-electron chi connectivity index (χ0n) is 14.0. The summed E-state index contributed by atoms with van der Waals surface area (Å²) in [4.78, 5) is 24.1. The second-order valence-corrected chi connectivity index (χ2v) is 7.59. The van der Waals surface area contributed by atoms with Gasteiger partial charge in [-0.25, -0.2) is 0 Å². The maximum Gasteiger partial charge on any atom is 0.471 e. The minimum atomic E-state index is -5.06. The molecule has 1 saturated heterocycles. The highest BCUT2D eigenvalue weighted by atomic mass is 19.4. The van der Waals surface area contributed by atoms with E-state index in [1.807, 2.05) is 13.8 Å². The van der Waals surface area contributed by atoms with Gasteiger partial charge < -0.3 is 15.5 Å². The van der Waals surface area contributed by atoms with Crippen LogP contribution >= 0.6 is 0 Å². The monoisotopic (exact) mass is 352 g/mol. The number of hydrogen-bond acceptors (Lipinski definition) is 4. The summed E-state index contributed by atoms with van der Waals surface area (Å²) in [5.74, 6) is -3.85. The molecule has 0 aromatic carbocycles. The highest BCUT2D eigenvalue weighted by Crippen LogP contribution is 2.65. The third kappa shape index (κ3) is 3.11. The highest BCUT2D eigenvalue weighted by molar-refractivity contribution is 5.82. The second kappa shape index (κ2) is 5.87. The van der Waals surface area contributed by atoms with Gasteiger partial charge in [0.1, 0.15) is 12.3 Å². The molecule has 1 unspecified atom stereocenters. The van der Waals surface area contributed by atoms with Crippen LogP contribution in [0.1, 0.15) is 27.7 Å². The Bertz CT molecular complexity index is 535. The van der Waals surface area contributed by atoms with E-state index < -0.39 is 42.3 Å². The minimum absolute atomic E-state index is 0.0689. The number of nitrogens with one attached hydrogen (secondary N) is 1. The first-order chi connectivity index (χ1) is 10.8. The van der Waals surface area contributed by atoms with Crippen molar-refractivity contribution in [1.29, 1.82) is 0 Å². The van der Waals surface area contributed by atoms with Crippen molar-refractivity contribution in [1.82, 2.24) is 10.2 Å². The first kappa shape index (κ1) is 19.0. The first-order valence-electron chi connectivity index (χ1n) is 7.84. The van der Waals surface area contributed by atoms with Crippen molar-refractivity contribution in [2.45, 2.75) is 52.2 Å².